The quantitative estimate of drug-likeness (QED) is 0.777. The van der Waals surface area contributed by atoms with Crippen LogP contribution < -0.4 is 10.1 Å². The van der Waals surface area contributed by atoms with Crippen LogP contribution in [0.15, 0.2) is 24.3 Å². The zero-order chi connectivity index (χ0) is 18.0. The van der Waals surface area contributed by atoms with Crippen molar-refractivity contribution in [1.29, 1.82) is 0 Å². The van der Waals surface area contributed by atoms with Crippen molar-refractivity contribution in [3.8, 4) is 5.75 Å². The summed E-state index contributed by atoms with van der Waals surface area (Å²) in [6.45, 7) is 0.0626. The summed E-state index contributed by atoms with van der Waals surface area (Å²) in [4.78, 5) is 37.6. The van der Waals surface area contributed by atoms with Gasteiger partial charge < -0.3 is 20.1 Å². The minimum atomic E-state index is -0.966. The third-order valence-electron chi connectivity index (χ3n) is 4.71. The topological polar surface area (TPSA) is 95.9 Å². The highest BCUT2D eigenvalue weighted by Gasteiger charge is 2.49. The van der Waals surface area contributed by atoms with E-state index < -0.39 is 11.9 Å². The van der Waals surface area contributed by atoms with Crippen molar-refractivity contribution in [1.82, 2.24) is 10.2 Å². The fourth-order valence-electron chi connectivity index (χ4n) is 3.42. The van der Waals surface area contributed by atoms with Crippen LogP contribution in [-0.4, -0.2) is 47.5 Å². The van der Waals surface area contributed by atoms with Crippen LogP contribution in [-0.2, 0) is 14.4 Å². The summed E-state index contributed by atoms with van der Waals surface area (Å²) in [6.07, 6.45) is 1.93. The first-order valence-electron chi connectivity index (χ1n) is 8.46. The Hall–Kier alpha value is -2.57. The number of likely N-dealkylation sites (tertiary alicyclic amines) is 1. The Morgan fingerprint density at radius 2 is 2.12 bits per heavy atom. The highest BCUT2D eigenvalue weighted by Crippen LogP contribution is 2.45. The van der Waals surface area contributed by atoms with Crippen molar-refractivity contribution in [2.75, 3.05) is 13.7 Å². The second kappa shape index (κ2) is 7.13. The molecule has 2 atom stereocenters. The summed E-state index contributed by atoms with van der Waals surface area (Å²) in [7, 11) is 1.58. The minimum Gasteiger partial charge on any atom is -0.497 e. The lowest BCUT2D eigenvalue weighted by Crippen LogP contribution is -2.37. The highest BCUT2D eigenvalue weighted by atomic mass is 16.5. The summed E-state index contributed by atoms with van der Waals surface area (Å²) in [5.41, 5.74) is 0.871. The van der Waals surface area contributed by atoms with E-state index in [1.54, 1.807) is 7.11 Å². The van der Waals surface area contributed by atoms with Crippen molar-refractivity contribution in [2.24, 2.45) is 5.92 Å². The Bertz CT molecular complexity index is 686. The number of amides is 2. The van der Waals surface area contributed by atoms with Crippen molar-refractivity contribution in [3.05, 3.63) is 29.8 Å². The van der Waals surface area contributed by atoms with Gasteiger partial charge in [0, 0.05) is 19.0 Å². The van der Waals surface area contributed by atoms with Gasteiger partial charge in [-0.25, -0.2) is 0 Å². The second-order valence-electron chi connectivity index (χ2n) is 6.50. The molecular formula is C18H22N2O5. The predicted octanol–water partition coefficient (Wildman–Crippen LogP) is 1.34. The summed E-state index contributed by atoms with van der Waals surface area (Å²) in [5.74, 6) is -1.10. The smallest absolute Gasteiger partial charge is 0.305 e. The summed E-state index contributed by atoms with van der Waals surface area (Å²) < 4.78 is 5.27. The molecule has 1 heterocycles. The van der Waals surface area contributed by atoms with E-state index in [1.807, 2.05) is 29.2 Å². The van der Waals surface area contributed by atoms with Gasteiger partial charge in [0.1, 0.15) is 5.75 Å². The molecule has 1 aliphatic carbocycles. The van der Waals surface area contributed by atoms with Crippen LogP contribution in [0.25, 0.3) is 0 Å². The Labute approximate surface area is 146 Å². The van der Waals surface area contributed by atoms with Gasteiger partial charge in [-0.2, -0.15) is 0 Å². The molecule has 1 aromatic rings. The van der Waals surface area contributed by atoms with Crippen molar-refractivity contribution in [2.45, 2.75) is 37.8 Å². The van der Waals surface area contributed by atoms with E-state index in [-0.39, 0.29) is 43.3 Å². The summed E-state index contributed by atoms with van der Waals surface area (Å²) >= 11 is 0. The number of methoxy groups -OCH3 is 1. The molecule has 1 saturated carbocycles. The molecule has 2 fully saturated rings. The zero-order valence-corrected chi connectivity index (χ0v) is 14.1. The maximum Gasteiger partial charge on any atom is 0.305 e. The van der Waals surface area contributed by atoms with Gasteiger partial charge in [-0.3, -0.25) is 14.4 Å². The number of aliphatic carboxylic acids is 1. The van der Waals surface area contributed by atoms with Gasteiger partial charge in [0.25, 0.3) is 0 Å². The molecule has 1 saturated heterocycles. The minimum absolute atomic E-state index is 0.0197. The van der Waals surface area contributed by atoms with Crippen LogP contribution in [0.3, 0.4) is 0 Å². The van der Waals surface area contributed by atoms with E-state index in [0.717, 1.165) is 18.4 Å². The first kappa shape index (κ1) is 17.3. The van der Waals surface area contributed by atoms with Gasteiger partial charge in [0.15, 0.2) is 0 Å². The third-order valence-corrected chi connectivity index (χ3v) is 4.71. The fraction of sp³-hybridized carbons (Fsp3) is 0.500. The molecule has 1 aromatic carbocycles. The first-order valence-corrected chi connectivity index (χ1v) is 8.46. The van der Waals surface area contributed by atoms with Crippen LogP contribution in [0.1, 0.15) is 37.3 Å². The molecular weight excluding hydrogens is 324 g/mol. The van der Waals surface area contributed by atoms with Crippen molar-refractivity contribution in [3.63, 3.8) is 0 Å². The van der Waals surface area contributed by atoms with Gasteiger partial charge in [-0.05, 0) is 30.5 Å². The number of carboxylic acid groups (broad SMARTS) is 1. The number of nitrogens with one attached hydrogen (secondary N) is 1. The molecule has 2 N–H and O–H groups in total. The van der Waals surface area contributed by atoms with Gasteiger partial charge in [-0.1, -0.05) is 12.1 Å². The number of nitrogens with zero attached hydrogens (tertiary/aromatic N) is 1. The summed E-state index contributed by atoms with van der Waals surface area (Å²) in [6, 6.07) is 7.29. The van der Waals surface area contributed by atoms with Gasteiger partial charge in [0.05, 0.1) is 25.5 Å². The number of benzene rings is 1. The number of carboxylic acids is 1. The molecule has 3 rings (SSSR count). The Kier molecular flexibility index (Phi) is 4.92. The molecule has 2 amide bonds. The molecule has 1 aliphatic heterocycles. The zero-order valence-electron chi connectivity index (χ0n) is 14.1. The second-order valence-corrected chi connectivity index (χ2v) is 6.50. The van der Waals surface area contributed by atoms with Gasteiger partial charge >= 0.3 is 5.97 Å². The van der Waals surface area contributed by atoms with Crippen LogP contribution in [0.4, 0.5) is 0 Å². The van der Waals surface area contributed by atoms with E-state index >= 15 is 0 Å². The molecule has 7 nitrogen and oxygen atoms in total. The molecule has 0 spiro atoms. The predicted molar refractivity (Wildman–Crippen MR) is 89.0 cm³/mol. The molecule has 2 aliphatic rings. The number of hydrogen-bond donors (Lipinski definition) is 2. The van der Waals surface area contributed by atoms with Crippen LogP contribution in [0.5, 0.6) is 5.75 Å². The first-order chi connectivity index (χ1) is 12.0. The normalized spacial score (nSPS) is 22.8. The number of rotatable bonds is 7. The van der Waals surface area contributed by atoms with Gasteiger partial charge in [-0.15, -0.1) is 0 Å². The monoisotopic (exact) mass is 346 g/mol. The number of ether oxygens (including phenoxy) is 1. The average Bonchev–Trinajstić information content (AvgIpc) is 3.36. The molecule has 0 aromatic heterocycles. The molecule has 25 heavy (non-hydrogen) atoms. The molecule has 0 bridgehead atoms. The van der Waals surface area contributed by atoms with Gasteiger partial charge in [0.2, 0.25) is 11.8 Å². The SMILES string of the molecule is COc1cccc([C@H]2[C@@H](C(=O)NCCC(=O)O)CC(=O)N2C2CC2)c1. The molecule has 134 valence electrons. The lowest BCUT2D eigenvalue weighted by atomic mass is 9.92. The molecule has 7 heteroatoms. The number of carbonyl (C=O) groups excluding carboxylic acids is 2. The van der Waals surface area contributed by atoms with E-state index in [1.165, 1.54) is 0 Å². The maximum absolute atomic E-state index is 12.6. The van der Waals surface area contributed by atoms with Crippen molar-refractivity contribution >= 4 is 17.8 Å². The maximum atomic E-state index is 12.6. The van der Waals surface area contributed by atoms with Crippen molar-refractivity contribution < 1.29 is 24.2 Å². The highest BCUT2D eigenvalue weighted by molar-refractivity contribution is 5.91. The Morgan fingerprint density at radius 3 is 2.76 bits per heavy atom. The third kappa shape index (κ3) is 3.75. The fourth-order valence-corrected chi connectivity index (χ4v) is 3.42. The van der Waals surface area contributed by atoms with Crippen LogP contribution >= 0.6 is 0 Å². The standard InChI is InChI=1S/C18H22N2O5/c1-25-13-4-2-3-11(9-13)17-14(18(24)19-8-7-16(22)23)10-15(21)20(17)12-5-6-12/h2-4,9,12,14,17H,5-8,10H2,1H3,(H,19,24)(H,22,23)/t14-,17-/m0/s1. The molecule has 0 unspecified atom stereocenters. The number of carbonyl (C=O) groups is 3. The van der Waals surface area contributed by atoms with E-state index in [2.05, 4.69) is 5.32 Å². The number of hydrogen-bond acceptors (Lipinski definition) is 4. The van der Waals surface area contributed by atoms with E-state index in [0.29, 0.717) is 5.75 Å². The van der Waals surface area contributed by atoms with E-state index in [4.69, 9.17) is 9.84 Å². The summed E-state index contributed by atoms with van der Waals surface area (Å²) in [5, 5.41) is 11.4. The molecule has 0 radical (unpaired) electrons. The average molecular weight is 346 g/mol. The van der Waals surface area contributed by atoms with Crippen LogP contribution in [0.2, 0.25) is 0 Å². The lowest BCUT2D eigenvalue weighted by molar-refractivity contribution is -0.137. The van der Waals surface area contributed by atoms with E-state index in [9.17, 15) is 14.4 Å². The lowest BCUT2D eigenvalue weighted by Gasteiger charge is -2.28. The van der Waals surface area contributed by atoms with Crippen LogP contribution in [0, 0.1) is 5.92 Å². The Balaban J connectivity index is 1.83. The largest absolute Gasteiger partial charge is 0.497 e. The Morgan fingerprint density at radius 1 is 1.36 bits per heavy atom.